The highest BCUT2D eigenvalue weighted by Crippen LogP contribution is 2.33. The van der Waals surface area contributed by atoms with Gasteiger partial charge in [-0.15, -0.1) is 11.8 Å². The first-order chi connectivity index (χ1) is 19.4. The number of hydrogen-bond donors (Lipinski definition) is 1. The van der Waals surface area contributed by atoms with Gasteiger partial charge in [-0.2, -0.15) is 0 Å². The summed E-state index contributed by atoms with van der Waals surface area (Å²) in [6, 6.07) is 32.0. The fourth-order valence-corrected chi connectivity index (χ4v) is 4.39. The third kappa shape index (κ3) is 11.8. The smallest absolute Gasteiger partial charge is 0.150 e. The number of hydrogen-bond acceptors (Lipinski definition) is 6. The summed E-state index contributed by atoms with van der Waals surface area (Å²) in [6.07, 6.45) is 2.46. The zero-order valence-electron chi connectivity index (χ0n) is 23.4. The van der Waals surface area contributed by atoms with Crippen LogP contribution in [0.2, 0.25) is 0 Å². The van der Waals surface area contributed by atoms with Crippen LogP contribution >= 0.6 is 11.8 Å². The molecule has 0 fully saturated rings. The van der Waals surface area contributed by atoms with Gasteiger partial charge in [0.25, 0.3) is 0 Å². The fourth-order valence-electron chi connectivity index (χ4n) is 3.43. The molecule has 0 aliphatic heterocycles. The summed E-state index contributed by atoms with van der Waals surface area (Å²) >= 11 is 1.79. The zero-order chi connectivity index (χ0) is 29.2. The van der Waals surface area contributed by atoms with E-state index in [2.05, 4.69) is 41.7 Å². The van der Waals surface area contributed by atoms with Gasteiger partial charge in [0.2, 0.25) is 0 Å². The molecular formula is C33H37FN2O3S. The van der Waals surface area contributed by atoms with Crippen LogP contribution in [0.1, 0.15) is 21.5 Å². The van der Waals surface area contributed by atoms with E-state index < -0.39 is 0 Å². The van der Waals surface area contributed by atoms with Crippen LogP contribution in [0.4, 0.5) is 10.1 Å². The van der Waals surface area contributed by atoms with E-state index in [1.54, 1.807) is 18.9 Å². The molecular weight excluding hydrogens is 523 g/mol. The topological polar surface area (TPSA) is 58.6 Å². The van der Waals surface area contributed by atoms with Crippen molar-refractivity contribution in [1.82, 2.24) is 4.90 Å². The van der Waals surface area contributed by atoms with E-state index >= 15 is 0 Å². The minimum Gasteiger partial charge on any atom is -0.496 e. The average molecular weight is 561 g/mol. The first-order valence-electron chi connectivity index (χ1n) is 12.8. The molecule has 4 aromatic rings. The molecule has 1 unspecified atom stereocenters. The number of nitrogens with one attached hydrogen (secondary N) is 1. The summed E-state index contributed by atoms with van der Waals surface area (Å²) in [5, 5.41) is 3.11. The molecule has 0 radical (unpaired) electrons. The first-order valence-corrected chi connectivity index (χ1v) is 13.8. The molecule has 0 spiro atoms. The van der Waals surface area contributed by atoms with Crippen molar-refractivity contribution in [2.45, 2.75) is 23.1 Å². The van der Waals surface area contributed by atoms with Crippen molar-refractivity contribution in [3.63, 3.8) is 0 Å². The molecule has 0 bridgehead atoms. The number of likely N-dealkylation sites (N-methyl/N-ethyl adjacent to an activating group) is 1. The Morgan fingerprint density at radius 2 is 1.48 bits per heavy atom. The number of carbonyl (C=O) groups excluding carboxylic acids is 2. The van der Waals surface area contributed by atoms with Crippen molar-refractivity contribution < 1.29 is 18.7 Å². The summed E-state index contributed by atoms with van der Waals surface area (Å²) in [5.41, 5.74) is 4.09. The monoisotopic (exact) mass is 560 g/mol. The van der Waals surface area contributed by atoms with Gasteiger partial charge < -0.3 is 14.8 Å². The Balaban J connectivity index is 0.000000224. The third-order valence-electron chi connectivity index (χ3n) is 5.80. The average Bonchev–Trinajstić information content (AvgIpc) is 3.00. The molecule has 0 heterocycles. The van der Waals surface area contributed by atoms with E-state index in [1.165, 1.54) is 40.3 Å². The Kier molecular flexibility index (Phi) is 14.8. The Bertz CT molecular complexity index is 1270. The van der Waals surface area contributed by atoms with Gasteiger partial charge in [0.1, 0.15) is 24.1 Å². The summed E-state index contributed by atoms with van der Waals surface area (Å²) in [7, 11) is 7.46. The van der Waals surface area contributed by atoms with Crippen LogP contribution in [0.15, 0.2) is 108 Å². The second-order valence-electron chi connectivity index (χ2n) is 8.92. The van der Waals surface area contributed by atoms with Crippen molar-refractivity contribution in [3.05, 3.63) is 126 Å². The van der Waals surface area contributed by atoms with E-state index in [0.717, 1.165) is 29.9 Å². The molecule has 0 amide bonds. The second-order valence-corrected chi connectivity index (χ2v) is 9.93. The minimum atomic E-state index is -0.319. The van der Waals surface area contributed by atoms with Crippen molar-refractivity contribution in [3.8, 4) is 5.75 Å². The Morgan fingerprint density at radius 3 is 1.98 bits per heavy atom. The van der Waals surface area contributed by atoms with Crippen molar-refractivity contribution in [2.75, 3.05) is 33.6 Å². The fraction of sp³-hybridized carbons (Fsp3) is 0.212. The summed E-state index contributed by atoms with van der Waals surface area (Å²) in [5.74, 6) is 1.55. The van der Waals surface area contributed by atoms with E-state index in [-0.39, 0.29) is 11.9 Å². The quantitative estimate of drug-likeness (QED) is 0.166. The molecule has 210 valence electrons. The third-order valence-corrected chi connectivity index (χ3v) is 6.93. The van der Waals surface area contributed by atoms with Crippen LogP contribution in [0.3, 0.4) is 0 Å². The number of rotatable bonds is 10. The normalized spacial score (nSPS) is 10.8. The van der Waals surface area contributed by atoms with Crippen molar-refractivity contribution >= 4 is 30.0 Å². The molecule has 0 aliphatic rings. The van der Waals surface area contributed by atoms with Crippen molar-refractivity contribution in [2.24, 2.45) is 0 Å². The highest BCUT2D eigenvalue weighted by molar-refractivity contribution is 7.98. The molecule has 0 saturated carbocycles. The lowest BCUT2D eigenvalue weighted by atomic mass is 10.1. The summed E-state index contributed by atoms with van der Waals surface area (Å²) in [6.45, 7) is 0. The molecule has 4 rings (SSSR count). The lowest BCUT2D eigenvalue weighted by Gasteiger charge is -2.17. The summed E-state index contributed by atoms with van der Waals surface area (Å²) < 4.78 is 17.5. The number of halogens is 1. The largest absolute Gasteiger partial charge is 0.496 e. The molecule has 4 aromatic carbocycles. The van der Waals surface area contributed by atoms with E-state index in [0.29, 0.717) is 11.8 Å². The molecule has 40 heavy (non-hydrogen) atoms. The number of carbonyl (C=O) groups is 2. The first kappa shape index (κ1) is 32.3. The highest BCUT2D eigenvalue weighted by atomic mass is 32.2. The van der Waals surface area contributed by atoms with Gasteiger partial charge in [0.05, 0.1) is 13.2 Å². The molecule has 5 nitrogen and oxygen atoms in total. The summed E-state index contributed by atoms with van der Waals surface area (Å²) in [4.78, 5) is 23.8. The van der Waals surface area contributed by atoms with Crippen LogP contribution < -0.4 is 10.1 Å². The standard InChI is InChI=1S/C15H17NOS.C11H15NO.C7H5FO/c1-16-13-8-9-15(14(10-13)17-2)18-11-12-6-4-3-5-7-12;1-12(2)11(9-13)8-10-6-4-3-5-7-10;8-7-3-1-6(5-9)2-4-7/h3-10,16H,11H2,1-2H3;3-7,9,11H,8H2,1-2H3;1-5H. The molecule has 0 saturated heterocycles. The van der Waals surface area contributed by atoms with E-state index in [9.17, 15) is 14.0 Å². The number of nitrogens with zero attached hydrogens (tertiary/aromatic N) is 1. The molecule has 1 N–H and O–H groups in total. The Morgan fingerprint density at radius 1 is 0.875 bits per heavy atom. The lowest BCUT2D eigenvalue weighted by Crippen LogP contribution is -2.31. The number of benzene rings is 4. The number of ether oxygens (including phenoxy) is 1. The number of methoxy groups -OCH3 is 1. The van der Waals surface area contributed by atoms with Gasteiger partial charge >= 0.3 is 0 Å². The van der Waals surface area contributed by atoms with E-state index in [4.69, 9.17) is 4.74 Å². The van der Waals surface area contributed by atoms with Crippen LogP contribution in [0.5, 0.6) is 5.75 Å². The van der Waals surface area contributed by atoms with Gasteiger partial charge in [-0.05, 0) is 68.0 Å². The maximum Gasteiger partial charge on any atom is 0.150 e. The SMILES string of the molecule is CN(C)C(C=O)Cc1ccccc1.CNc1ccc(SCc2ccccc2)c(OC)c1.O=Cc1ccc(F)cc1. The van der Waals surface area contributed by atoms with E-state index in [1.807, 2.05) is 68.5 Å². The molecule has 1 atom stereocenters. The lowest BCUT2D eigenvalue weighted by molar-refractivity contribution is -0.111. The molecule has 0 aliphatic carbocycles. The number of anilines is 1. The van der Waals surface area contributed by atoms with Crippen LogP contribution in [0, 0.1) is 5.82 Å². The Labute approximate surface area is 241 Å². The molecule has 0 aromatic heterocycles. The van der Waals surface area contributed by atoms with Gasteiger partial charge in [-0.25, -0.2) is 4.39 Å². The predicted molar refractivity (Wildman–Crippen MR) is 164 cm³/mol. The maximum absolute atomic E-state index is 12.1. The molecule has 7 heteroatoms. The minimum absolute atomic E-state index is 0.0117. The van der Waals surface area contributed by atoms with Gasteiger partial charge in [-0.1, -0.05) is 60.7 Å². The Hall–Kier alpha value is -3.94. The number of thioether (sulfide) groups is 1. The highest BCUT2D eigenvalue weighted by Gasteiger charge is 2.09. The van der Waals surface area contributed by atoms with Gasteiger partial charge in [0, 0.05) is 35.0 Å². The zero-order valence-corrected chi connectivity index (χ0v) is 24.2. The van der Waals surface area contributed by atoms with Crippen LogP contribution in [-0.2, 0) is 17.0 Å². The predicted octanol–water partition coefficient (Wildman–Crippen LogP) is 7.03. The van der Waals surface area contributed by atoms with Gasteiger partial charge in [-0.3, -0.25) is 9.69 Å². The maximum atomic E-state index is 12.1. The van der Waals surface area contributed by atoms with Gasteiger partial charge in [0.15, 0.2) is 0 Å². The van der Waals surface area contributed by atoms with Crippen LogP contribution in [0.25, 0.3) is 0 Å². The number of aldehydes is 2. The van der Waals surface area contributed by atoms with Crippen LogP contribution in [-0.4, -0.2) is 51.8 Å². The second kappa shape index (κ2) is 18.4. The van der Waals surface area contributed by atoms with Crippen molar-refractivity contribution in [1.29, 1.82) is 0 Å².